The molecule has 0 fully saturated rings. The van der Waals surface area contributed by atoms with Crippen LogP contribution in [0.3, 0.4) is 0 Å². The van der Waals surface area contributed by atoms with Crippen LogP contribution in [-0.2, 0) is 0 Å². The first-order valence-corrected chi connectivity index (χ1v) is 7.37. The summed E-state index contributed by atoms with van der Waals surface area (Å²) in [6, 6.07) is 9.30. The predicted molar refractivity (Wildman–Crippen MR) is 94.6 cm³/mol. The van der Waals surface area contributed by atoms with Gasteiger partial charge in [0.15, 0.2) is 11.5 Å². The molecule has 0 saturated carbocycles. The molecule has 0 heterocycles. The SMILES string of the molecule is COc1cc(/C=C/c2c(OC)ccc(OC)c2OC)cc(OC)c1. The van der Waals surface area contributed by atoms with E-state index in [2.05, 4.69) is 0 Å². The van der Waals surface area contributed by atoms with E-state index in [-0.39, 0.29) is 0 Å². The maximum Gasteiger partial charge on any atom is 0.171 e. The fourth-order valence-corrected chi connectivity index (χ4v) is 2.37. The molecule has 5 nitrogen and oxygen atoms in total. The fourth-order valence-electron chi connectivity index (χ4n) is 2.37. The van der Waals surface area contributed by atoms with Crippen molar-refractivity contribution < 1.29 is 23.7 Å². The Labute approximate surface area is 142 Å². The predicted octanol–water partition coefficient (Wildman–Crippen LogP) is 3.90. The summed E-state index contributed by atoms with van der Waals surface area (Å²) >= 11 is 0. The second-order valence-corrected chi connectivity index (χ2v) is 4.90. The smallest absolute Gasteiger partial charge is 0.171 e. The van der Waals surface area contributed by atoms with Gasteiger partial charge in [-0.25, -0.2) is 0 Å². The summed E-state index contributed by atoms with van der Waals surface area (Å²) in [5.74, 6) is 3.39. The summed E-state index contributed by atoms with van der Waals surface area (Å²) in [6.07, 6.45) is 3.85. The van der Waals surface area contributed by atoms with Gasteiger partial charge in [0.2, 0.25) is 0 Å². The Kier molecular flexibility index (Phi) is 5.95. The third kappa shape index (κ3) is 3.74. The van der Waals surface area contributed by atoms with E-state index in [1.165, 1.54) is 0 Å². The molecule has 24 heavy (non-hydrogen) atoms. The second kappa shape index (κ2) is 8.15. The van der Waals surface area contributed by atoms with Gasteiger partial charge in [-0.15, -0.1) is 0 Å². The van der Waals surface area contributed by atoms with Crippen molar-refractivity contribution >= 4 is 12.2 Å². The molecule has 0 aliphatic rings. The number of hydrogen-bond donors (Lipinski definition) is 0. The van der Waals surface area contributed by atoms with Crippen molar-refractivity contribution in [2.24, 2.45) is 0 Å². The maximum atomic E-state index is 5.48. The van der Waals surface area contributed by atoms with E-state index in [1.807, 2.05) is 42.5 Å². The molecule has 0 atom stereocenters. The number of methoxy groups -OCH3 is 5. The van der Waals surface area contributed by atoms with Gasteiger partial charge in [0, 0.05) is 6.07 Å². The van der Waals surface area contributed by atoms with Crippen LogP contribution in [0.2, 0.25) is 0 Å². The Balaban J connectivity index is 2.48. The second-order valence-electron chi connectivity index (χ2n) is 4.90. The van der Waals surface area contributed by atoms with Gasteiger partial charge in [0.1, 0.15) is 17.2 Å². The van der Waals surface area contributed by atoms with Crippen LogP contribution in [0.4, 0.5) is 0 Å². The standard InChI is InChI=1S/C19H22O5/c1-20-14-10-13(11-15(12-14)21-2)6-7-16-17(22-3)8-9-18(23-4)19(16)24-5/h6-12H,1-5H3/b7-6+. The molecule has 0 aliphatic heterocycles. The normalized spacial score (nSPS) is 10.5. The fraction of sp³-hybridized carbons (Fsp3) is 0.263. The van der Waals surface area contributed by atoms with Crippen LogP contribution in [0, 0.1) is 0 Å². The summed E-state index contributed by atoms with van der Waals surface area (Å²) in [5.41, 5.74) is 1.72. The van der Waals surface area contributed by atoms with E-state index in [4.69, 9.17) is 23.7 Å². The molecule has 2 aromatic carbocycles. The Bertz CT molecular complexity index is 700. The monoisotopic (exact) mass is 330 g/mol. The molecule has 0 bridgehead atoms. The number of ether oxygens (including phenoxy) is 5. The molecule has 128 valence electrons. The zero-order valence-corrected chi connectivity index (χ0v) is 14.6. The topological polar surface area (TPSA) is 46.2 Å². The molecule has 5 heteroatoms. The molecule has 0 aromatic heterocycles. The summed E-state index contributed by atoms with van der Waals surface area (Å²) in [5, 5.41) is 0. The van der Waals surface area contributed by atoms with E-state index >= 15 is 0 Å². The van der Waals surface area contributed by atoms with Crippen molar-refractivity contribution in [2.75, 3.05) is 35.5 Å². The Morgan fingerprint density at radius 3 is 1.71 bits per heavy atom. The Hall–Kier alpha value is -2.82. The minimum Gasteiger partial charge on any atom is -0.497 e. The lowest BCUT2D eigenvalue weighted by Crippen LogP contribution is -1.96. The number of benzene rings is 2. The van der Waals surface area contributed by atoms with Gasteiger partial charge in [0.25, 0.3) is 0 Å². The van der Waals surface area contributed by atoms with Crippen LogP contribution in [0.5, 0.6) is 28.7 Å². The van der Waals surface area contributed by atoms with Gasteiger partial charge in [-0.3, -0.25) is 0 Å². The van der Waals surface area contributed by atoms with E-state index in [9.17, 15) is 0 Å². The highest BCUT2D eigenvalue weighted by atomic mass is 16.5. The molecule has 2 rings (SSSR count). The first kappa shape index (κ1) is 17.5. The number of hydrogen-bond acceptors (Lipinski definition) is 5. The van der Waals surface area contributed by atoms with Crippen molar-refractivity contribution in [3.8, 4) is 28.7 Å². The molecule has 0 unspecified atom stereocenters. The molecule has 0 radical (unpaired) electrons. The van der Waals surface area contributed by atoms with Gasteiger partial charge in [0.05, 0.1) is 41.1 Å². The van der Waals surface area contributed by atoms with Crippen molar-refractivity contribution in [1.29, 1.82) is 0 Å². The average Bonchev–Trinajstić information content (AvgIpc) is 2.64. The van der Waals surface area contributed by atoms with Crippen LogP contribution in [0.15, 0.2) is 30.3 Å². The van der Waals surface area contributed by atoms with Crippen molar-refractivity contribution in [1.82, 2.24) is 0 Å². The van der Waals surface area contributed by atoms with Gasteiger partial charge in [-0.2, -0.15) is 0 Å². The maximum absolute atomic E-state index is 5.48. The summed E-state index contributed by atoms with van der Waals surface area (Å²) in [7, 11) is 8.06. The van der Waals surface area contributed by atoms with Gasteiger partial charge < -0.3 is 23.7 Å². The van der Waals surface area contributed by atoms with E-state index < -0.39 is 0 Å². The zero-order chi connectivity index (χ0) is 17.5. The highest BCUT2D eigenvalue weighted by Gasteiger charge is 2.13. The first-order chi connectivity index (χ1) is 11.7. The van der Waals surface area contributed by atoms with Crippen molar-refractivity contribution in [3.05, 3.63) is 41.5 Å². The first-order valence-electron chi connectivity index (χ1n) is 7.37. The molecular formula is C19H22O5. The van der Waals surface area contributed by atoms with Crippen LogP contribution >= 0.6 is 0 Å². The van der Waals surface area contributed by atoms with Crippen molar-refractivity contribution in [3.63, 3.8) is 0 Å². The van der Waals surface area contributed by atoms with Crippen molar-refractivity contribution in [2.45, 2.75) is 0 Å². The van der Waals surface area contributed by atoms with Crippen LogP contribution < -0.4 is 23.7 Å². The quantitative estimate of drug-likeness (QED) is 0.721. The highest BCUT2D eigenvalue weighted by Crippen LogP contribution is 2.38. The van der Waals surface area contributed by atoms with Gasteiger partial charge in [-0.05, 0) is 35.9 Å². The summed E-state index contributed by atoms with van der Waals surface area (Å²) in [4.78, 5) is 0. The largest absolute Gasteiger partial charge is 0.497 e. The van der Waals surface area contributed by atoms with Gasteiger partial charge in [-0.1, -0.05) is 6.08 Å². The molecular weight excluding hydrogens is 308 g/mol. The third-order valence-electron chi connectivity index (χ3n) is 3.58. The van der Waals surface area contributed by atoms with E-state index in [1.54, 1.807) is 35.5 Å². The molecule has 0 spiro atoms. The summed E-state index contributed by atoms with van der Waals surface area (Å²) in [6.45, 7) is 0. The lowest BCUT2D eigenvalue weighted by molar-refractivity contribution is 0.348. The molecule has 2 aromatic rings. The molecule has 0 aliphatic carbocycles. The lowest BCUT2D eigenvalue weighted by atomic mass is 10.1. The Morgan fingerprint density at radius 1 is 0.625 bits per heavy atom. The van der Waals surface area contributed by atoms with Crippen LogP contribution in [0.1, 0.15) is 11.1 Å². The Morgan fingerprint density at radius 2 is 1.21 bits per heavy atom. The average molecular weight is 330 g/mol. The minimum atomic E-state index is 0.614. The number of rotatable bonds is 7. The van der Waals surface area contributed by atoms with Gasteiger partial charge >= 0.3 is 0 Å². The van der Waals surface area contributed by atoms with Crippen LogP contribution in [0.25, 0.3) is 12.2 Å². The molecule has 0 amide bonds. The zero-order valence-electron chi connectivity index (χ0n) is 14.6. The third-order valence-corrected chi connectivity index (χ3v) is 3.58. The van der Waals surface area contributed by atoms with E-state index in [0.717, 1.165) is 22.6 Å². The molecule has 0 N–H and O–H groups in total. The highest BCUT2D eigenvalue weighted by molar-refractivity contribution is 5.78. The van der Waals surface area contributed by atoms with Crippen LogP contribution in [-0.4, -0.2) is 35.5 Å². The lowest BCUT2D eigenvalue weighted by Gasteiger charge is -2.14. The summed E-state index contributed by atoms with van der Waals surface area (Å²) < 4.78 is 26.8. The minimum absolute atomic E-state index is 0.614. The molecule has 0 saturated heterocycles. The van der Waals surface area contributed by atoms with E-state index in [0.29, 0.717) is 17.2 Å².